The van der Waals surface area contributed by atoms with Crippen LogP contribution in [0.2, 0.25) is 0 Å². The lowest BCUT2D eigenvalue weighted by Gasteiger charge is -2.41. The third-order valence-electron chi connectivity index (χ3n) is 4.09. The van der Waals surface area contributed by atoms with Crippen LogP contribution >= 0.6 is 0 Å². The topological polar surface area (TPSA) is 44.4 Å². The minimum Gasteiger partial charge on any atom is -0.341 e. The summed E-state index contributed by atoms with van der Waals surface area (Å²) in [5.41, 5.74) is 2.28. The Balaban J connectivity index is 2.04. The van der Waals surface area contributed by atoms with Crippen LogP contribution in [0.3, 0.4) is 0 Å². The molecular formula is C14H19N3O. The first-order valence-corrected chi connectivity index (χ1v) is 6.57. The van der Waals surface area contributed by atoms with Crippen molar-refractivity contribution in [2.75, 3.05) is 25.0 Å². The molecular weight excluding hydrogens is 226 g/mol. The molecule has 0 radical (unpaired) electrons. The Kier molecular flexibility index (Phi) is 2.74. The second kappa shape index (κ2) is 4.28. The van der Waals surface area contributed by atoms with E-state index in [1.807, 2.05) is 17.0 Å². The number of carbonyl (C=O) groups is 1. The van der Waals surface area contributed by atoms with Gasteiger partial charge in [-0.15, -0.1) is 0 Å². The van der Waals surface area contributed by atoms with Crippen LogP contribution in [-0.2, 0) is 6.42 Å². The summed E-state index contributed by atoms with van der Waals surface area (Å²) in [5.74, 6) is 0. The molecule has 1 fully saturated rings. The molecule has 2 aliphatic rings. The molecule has 4 heteroatoms. The van der Waals surface area contributed by atoms with Crippen molar-refractivity contribution in [2.24, 2.45) is 0 Å². The van der Waals surface area contributed by atoms with E-state index in [2.05, 4.69) is 22.8 Å². The zero-order valence-electron chi connectivity index (χ0n) is 10.7. The second-order valence-corrected chi connectivity index (χ2v) is 5.20. The van der Waals surface area contributed by atoms with Crippen LogP contribution in [0.4, 0.5) is 10.5 Å². The maximum atomic E-state index is 12.2. The summed E-state index contributed by atoms with van der Waals surface area (Å²) >= 11 is 0. The molecule has 96 valence electrons. The van der Waals surface area contributed by atoms with Crippen molar-refractivity contribution in [3.05, 3.63) is 29.8 Å². The van der Waals surface area contributed by atoms with Crippen molar-refractivity contribution in [1.29, 1.82) is 0 Å². The fourth-order valence-corrected chi connectivity index (χ4v) is 3.30. The SMILES string of the molecule is CNC(=O)N1c2ccccc2CC12CCCNC2. The number of anilines is 1. The van der Waals surface area contributed by atoms with Gasteiger partial charge in [-0.2, -0.15) is 0 Å². The smallest absolute Gasteiger partial charge is 0.322 e. The quantitative estimate of drug-likeness (QED) is 0.727. The van der Waals surface area contributed by atoms with Crippen molar-refractivity contribution in [1.82, 2.24) is 10.6 Å². The number of urea groups is 1. The molecule has 3 rings (SSSR count). The number of hydrogen-bond donors (Lipinski definition) is 2. The predicted molar refractivity (Wildman–Crippen MR) is 71.9 cm³/mol. The van der Waals surface area contributed by atoms with Crippen molar-refractivity contribution in [2.45, 2.75) is 24.8 Å². The number of amides is 2. The zero-order chi connectivity index (χ0) is 12.6. The Labute approximate surface area is 107 Å². The first-order valence-electron chi connectivity index (χ1n) is 6.57. The molecule has 4 nitrogen and oxygen atoms in total. The molecule has 1 atom stereocenters. The van der Waals surface area contributed by atoms with Crippen LogP contribution < -0.4 is 15.5 Å². The molecule has 1 aromatic carbocycles. The van der Waals surface area contributed by atoms with Crippen LogP contribution in [0.5, 0.6) is 0 Å². The number of piperidine rings is 1. The van der Waals surface area contributed by atoms with Gasteiger partial charge in [0.1, 0.15) is 0 Å². The molecule has 0 saturated carbocycles. The lowest BCUT2D eigenvalue weighted by atomic mass is 9.86. The maximum Gasteiger partial charge on any atom is 0.322 e. The lowest BCUT2D eigenvalue weighted by Crippen LogP contribution is -2.60. The van der Waals surface area contributed by atoms with Gasteiger partial charge in [-0.25, -0.2) is 4.79 Å². The van der Waals surface area contributed by atoms with E-state index in [1.54, 1.807) is 7.05 Å². The van der Waals surface area contributed by atoms with Crippen LogP contribution in [0.1, 0.15) is 18.4 Å². The first kappa shape index (κ1) is 11.5. The van der Waals surface area contributed by atoms with Gasteiger partial charge in [-0.3, -0.25) is 4.90 Å². The number of nitrogens with one attached hydrogen (secondary N) is 2. The van der Waals surface area contributed by atoms with Gasteiger partial charge in [0.05, 0.1) is 5.54 Å². The van der Waals surface area contributed by atoms with E-state index in [0.717, 1.165) is 38.0 Å². The Morgan fingerprint density at radius 3 is 3.00 bits per heavy atom. The highest BCUT2D eigenvalue weighted by molar-refractivity contribution is 5.96. The van der Waals surface area contributed by atoms with E-state index < -0.39 is 0 Å². The average Bonchev–Trinajstić information content (AvgIpc) is 2.72. The predicted octanol–water partition coefficient (Wildman–Crippen LogP) is 1.51. The molecule has 0 aromatic heterocycles. The number of hydrogen-bond acceptors (Lipinski definition) is 2. The highest BCUT2D eigenvalue weighted by atomic mass is 16.2. The molecule has 2 aliphatic heterocycles. The third kappa shape index (κ3) is 1.60. The summed E-state index contributed by atoms with van der Waals surface area (Å²) in [7, 11) is 1.70. The van der Waals surface area contributed by atoms with Crippen molar-refractivity contribution < 1.29 is 4.79 Å². The summed E-state index contributed by atoms with van der Waals surface area (Å²) < 4.78 is 0. The average molecular weight is 245 g/mol. The van der Waals surface area contributed by atoms with Gasteiger partial charge in [-0.05, 0) is 37.4 Å². The molecule has 1 spiro atoms. The Hall–Kier alpha value is -1.55. The summed E-state index contributed by atoms with van der Waals surface area (Å²) in [5, 5.41) is 6.22. The second-order valence-electron chi connectivity index (χ2n) is 5.20. The molecule has 2 N–H and O–H groups in total. The molecule has 1 saturated heterocycles. The Morgan fingerprint density at radius 2 is 2.28 bits per heavy atom. The molecule has 18 heavy (non-hydrogen) atoms. The van der Waals surface area contributed by atoms with E-state index in [9.17, 15) is 4.79 Å². The number of rotatable bonds is 0. The number of carbonyl (C=O) groups excluding carboxylic acids is 1. The van der Waals surface area contributed by atoms with Crippen LogP contribution in [0.15, 0.2) is 24.3 Å². The van der Waals surface area contributed by atoms with Gasteiger partial charge in [0.25, 0.3) is 0 Å². The van der Waals surface area contributed by atoms with E-state index in [4.69, 9.17) is 0 Å². The zero-order valence-corrected chi connectivity index (χ0v) is 10.7. The number of fused-ring (bicyclic) bond motifs is 1. The van der Waals surface area contributed by atoms with Gasteiger partial charge < -0.3 is 10.6 Å². The van der Waals surface area contributed by atoms with E-state index in [0.29, 0.717) is 0 Å². The largest absolute Gasteiger partial charge is 0.341 e. The molecule has 1 aromatic rings. The van der Waals surface area contributed by atoms with E-state index >= 15 is 0 Å². The number of para-hydroxylation sites is 1. The van der Waals surface area contributed by atoms with Crippen molar-refractivity contribution in [3.8, 4) is 0 Å². The van der Waals surface area contributed by atoms with E-state index in [1.165, 1.54) is 5.56 Å². The van der Waals surface area contributed by atoms with E-state index in [-0.39, 0.29) is 11.6 Å². The Morgan fingerprint density at radius 1 is 1.44 bits per heavy atom. The number of benzene rings is 1. The standard InChI is InChI=1S/C14H19N3O/c1-15-13(18)17-12-6-3-2-5-11(12)9-14(17)7-4-8-16-10-14/h2-3,5-6,16H,4,7-10H2,1H3,(H,15,18). The maximum absolute atomic E-state index is 12.2. The molecule has 2 heterocycles. The van der Waals surface area contributed by atoms with Gasteiger partial charge in [0, 0.05) is 19.3 Å². The molecule has 0 bridgehead atoms. The first-order chi connectivity index (χ1) is 8.77. The van der Waals surface area contributed by atoms with Crippen LogP contribution in [0.25, 0.3) is 0 Å². The fraction of sp³-hybridized carbons (Fsp3) is 0.500. The molecule has 2 amide bonds. The normalized spacial score (nSPS) is 26.2. The summed E-state index contributed by atoms with van der Waals surface area (Å²) in [6.07, 6.45) is 3.16. The van der Waals surface area contributed by atoms with Gasteiger partial charge in [-0.1, -0.05) is 18.2 Å². The highest BCUT2D eigenvalue weighted by Crippen LogP contribution is 2.42. The monoisotopic (exact) mass is 245 g/mol. The minimum absolute atomic E-state index is 0.00338. The summed E-state index contributed by atoms with van der Waals surface area (Å²) in [6, 6.07) is 8.24. The molecule has 0 aliphatic carbocycles. The van der Waals surface area contributed by atoms with Gasteiger partial charge in [0.2, 0.25) is 0 Å². The highest BCUT2D eigenvalue weighted by Gasteiger charge is 2.47. The third-order valence-corrected chi connectivity index (χ3v) is 4.09. The summed E-state index contributed by atoms with van der Waals surface area (Å²) in [6.45, 7) is 1.94. The molecule has 1 unspecified atom stereocenters. The summed E-state index contributed by atoms with van der Waals surface area (Å²) in [4.78, 5) is 14.2. The van der Waals surface area contributed by atoms with Crippen LogP contribution in [0, 0.1) is 0 Å². The Bertz CT molecular complexity index is 466. The lowest BCUT2D eigenvalue weighted by molar-refractivity contribution is 0.232. The van der Waals surface area contributed by atoms with Gasteiger partial charge >= 0.3 is 6.03 Å². The van der Waals surface area contributed by atoms with Gasteiger partial charge in [0.15, 0.2) is 0 Å². The minimum atomic E-state index is -0.0674. The van der Waals surface area contributed by atoms with Crippen molar-refractivity contribution in [3.63, 3.8) is 0 Å². The fourth-order valence-electron chi connectivity index (χ4n) is 3.30. The number of nitrogens with zero attached hydrogens (tertiary/aromatic N) is 1. The van der Waals surface area contributed by atoms with Crippen LogP contribution in [-0.4, -0.2) is 31.7 Å². The van der Waals surface area contributed by atoms with Crippen molar-refractivity contribution >= 4 is 11.7 Å².